The summed E-state index contributed by atoms with van der Waals surface area (Å²) in [4.78, 5) is 4.33. The van der Waals surface area contributed by atoms with Gasteiger partial charge in [0, 0.05) is 8.95 Å². The second-order valence-electron chi connectivity index (χ2n) is 4.01. The number of rotatable bonds is 1. The zero-order valence-electron chi connectivity index (χ0n) is 9.57. The minimum atomic E-state index is 0.408. The molecule has 0 bridgehead atoms. The van der Waals surface area contributed by atoms with E-state index >= 15 is 0 Å². The Labute approximate surface area is 131 Å². The van der Waals surface area contributed by atoms with Crippen molar-refractivity contribution in [1.29, 1.82) is 0 Å². The van der Waals surface area contributed by atoms with E-state index in [2.05, 4.69) is 36.8 Å². The van der Waals surface area contributed by atoms with E-state index in [1.54, 1.807) is 6.07 Å². The van der Waals surface area contributed by atoms with Crippen molar-refractivity contribution in [2.45, 2.75) is 0 Å². The number of anilines is 1. The maximum absolute atomic E-state index is 6.14. The largest absolute Gasteiger partial charge is 0.369 e. The molecular formula is C13H8Br2ClN3. The van der Waals surface area contributed by atoms with Crippen molar-refractivity contribution in [3.05, 3.63) is 50.4 Å². The molecule has 3 nitrogen and oxygen atoms in total. The molecule has 19 heavy (non-hydrogen) atoms. The van der Waals surface area contributed by atoms with E-state index < -0.39 is 0 Å². The number of nitrogen functional groups attached to an aromatic ring is 1. The van der Waals surface area contributed by atoms with E-state index in [9.17, 15) is 0 Å². The van der Waals surface area contributed by atoms with Gasteiger partial charge in [0.15, 0.2) is 0 Å². The van der Waals surface area contributed by atoms with Crippen LogP contribution in [0.25, 0.3) is 16.7 Å². The van der Waals surface area contributed by atoms with Crippen LogP contribution in [0.3, 0.4) is 0 Å². The Morgan fingerprint density at radius 3 is 2.68 bits per heavy atom. The predicted octanol–water partition coefficient (Wildman–Crippen LogP) is 4.79. The van der Waals surface area contributed by atoms with Gasteiger partial charge in [-0.1, -0.05) is 33.6 Å². The van der Waals surface area contributed by atoms with Crippen LogP contribution in [0.1, 0.15) is 0 Å². The lowest BCUT2D eigenvalue weighted by molar-refractivity contribution is 1.10. The number of benzene rings is 2. The number of imidazole rings is 1. The quantitative estimate of drug-likeness (QED) is 0.637. The van der Waals surface area contributed by atoms with Crippen LogP contribution in [-0.2, 0) is 0 Å². The normalized spacial score (nSPS) is 11.1. The van der Waals surface area contributed by atoms with Crippen molar-refractivity contribution in [3.8, 4) is 5.69 Å². The molecule has 0 fully saturated rings. The zero-order valence-corrected chi connectivity index (χ0v) is 13.5. The number of halogens is 3. The Kier molecular flexibility index (Phi) is 3.28. The van der Waals surface area contributed by atoms with Crippen LogP contribution in [0.4, 0.5) is 5.95 Å². The van der Waals surface area contributed by atoms with Gasteiger partial charge in [-0.25, -0.2) is 4.98 Å². The lowest BCUT2D eigenvalue weighted by Gasteiger charge is -2.09. The topological polar surface area (TPSA) is 43.8 Å². The Morgan fingerprint density at radius 1 is 1.16 bits per heavy atom. The first kappa shape index (κ1) is 13.0. The highest BCUT2D eigenvalue weighted by Crippen LogP contribution is 2.32. The van der Waals surface area contributed by atoms with Gasteiger partial charge in [-0.15, -0.1) is 0 Å². The molecule has 0 spiro atoms. The number of nitrogens with two attached hydrogens (primary N) is 1. The summed E-state index contributed by atoms with van der Waals surface area (Å²) in [6.45, 7) is 0. The summed E-state index contributed by atoms with van der Waals surface area (Å²) in [5.74, 6) is 0.408. The van der Waals surface area contributed by atoms with Crippen molar-refractivity contribution in [2.75, 3.05) is 5.73 Å². The third-order valence-electron chi connectivity index (χ3n) is 2.81. The third kappa shape index (κ3) is 2.16. The van der Waals surface area contributed by atoms with Gasteiger partial charge in [-0.2, -0.15) is 0 Å². The highest BCUT2D eigenvalue weighted by Gasteiger charge is 2.14. The van der Waals surface area contributed by atoms with Crippen LogP contribution < -0.4 is 5.73 Å². The lowest BCUT2D eigenvalue weighted by atomic mass is 10.3. The predicted molar refractivity (Wildman–Crippen MR) is 85.9 cm³/mol. The van der Waals surface area contributed by atoms with Crippen molar-refractivity contribution >= 4 is 60.4 Å². The van der Waals surface area contributed by atoms with Gasteiger partial charge in [0.1, 0.15) is 5.52 Å². The maximum Gasteiger partial charge on any atom is 0.206 e. The molecule has 0 aliphatic rings. The minimum absolute atomic E-state index is 0.408. The van der Waals surface area contributed by atoms with E-state index in [4.69, 9.17) is 17.3 Å². The molecule has 0 radical (unpaired) electrons. The van der Waals surface area contributed by atoms with Crippen LogP contribution in [0, 0.1) is 0 Å². The number of aromatic nitrogens is 2. The van der Waals surface area contributed by atoms with Gasteiger partial charge in [0.05, 0.1) is 16.2 Å². The summed E-state index contributed by atoms with van der Waals surface area (Å²) < 4.78 is 3.79. The molecule has 6 heteroatoms. The number of hydrogen-bond donors (Lipinski definition) is 1. The third-order valence-corrected chi connectivity index (χ3v) is 4.25. The lowest BCUT2D eigenvalue weighted by Crippen LogP contribution is -2.01. The van der Waals surface area contributed by atoms with E-state index in [-0.39, 0.29) is 0 Å². The molecule has 96 valence electrons. The molecule has 0 aliphatic heterocycles. The molecule has 2 N–H and O–H groups in total. The molecule has 1 heterocycles. The van der Waals surface area contributed by atoms with Crippen LogP contribution in [-0.4, -0.2) is 9.55 Å². The molecular weight excluding hydrogens is 393 g/mol. The fourth-order valence-electron chi connectivity index (χ4n) is 2.00. The minimum Gasteiger partial charge on any atom is -0.369 e. The summed E-state index contributed by atoms with van der Waals surface area (Å²) in [5.41, 5.74) is 8.53. The smallest absolute Gasteiger partial charge is 0.206 e. The summed E-state index contributed by atoms with van der Waals surface area (Å²) in [6, 6.07) is 11.5. The van der Waals surface area contributed by atoms with Crippen LogP contribution >= 0.6 is 43.5 Å². The number of para-hydroxylation sites is 1. The van der Waals surface area contributed by atoms with Gasteiger partial charge in [0.25, 0.3) is 0 Å². The summed E-state index contributed by atoms with van der Waals surface area (Å²) in [7, 11) is 0. The van der Waals surface area contributed by atoms with E-state index in [1.165, 1.54) is 0 Å². The molecule has 0 saturated carbocycles. The maximum atomic E-state index is 6.14. The number of hydrogen-bond acceptors (Lipinski definition) is 2. The second kappa shape index (κ2) is 4.81. The summed E-state index contributed by atoms with van der Waals surface area (Å²) >= 11 is 13.1. The monoisotopic (exact) mass is 399 g/mol. The highest BCUT2D eigenvalue weighted by molar-refractivity contribution is 9.11. The molecule has 3 aromatic rings. The molecule has 0 aliphatic carbocycles. The van der Waals surface area contributed by atoms with Gasteiger partial charge in [-0.3, -0.25) is 4.57 Å². The van der Waals surface area contributed by atoms with Crippen molar-refractivity contribution in [3.63, 3.8) is 0 Å². The number of nitrogens with zero attached hydrogens (tertiary/aromatic N) is 2. The number of fused-ring (bicyclic) bond motifs is 1. The molecule has 2 aromatic carbocycles. The molecule has 1 aromatic heterocycles. The first-order chi connectivity index (χ1) is 9.08. The van der Waals surface area contributed by atoms with Gasteiger partial charge < -0.3 is 5.73 Å². The Bertz CT molecular complexity index is 783. The van der Waals surface area contributed by atoms with E-state index in [0.29, 0.717) is 16.5 Å². The average Bonchev–Trinajstić information content (AvgIpc) is 2.68. The van der Waals surface area contributed by atoms with Crippen molar-refractivity contribution < 1.29 is 0 Å². The average molecular weight is 401 g/mol. The van der Waals surface area contributed by atoms with Crippen LogP contribution in [0.5, 0.6) is 0 Å². The Balaban J connectivity index is 2.36. The van der Waals surface area contributed by atoms with E-state index in [1.807, 2.05) is 34.9 Å². The van der Waals surface area contributed by atoms with Crippen molar-refractivity contribution in [1.82, 2.24) is 9.55 Å². The van der Waals surface area contributed by atoms with Gasteiger partial charge >= 0.3 is 0 Å². The fraction of sp³-hybridized carbons (Fsp3) is 0. The van der Waals surface area contributed by atoms with Gasteiger partial charge in [-0.05, 0) is 46.3 Å². The van der Waals surface area contributed by atoms with Crippen molar-refractivity contribution in [2.24, 2.45) is 0 Å². The second-order valence-corrected chi connectivity index (χ2v) is 6.19. The summed E-state index contributed by atoms with van der Waals surface area (Å²) in [6.07, 6.45) is 0. The van der Waals surface area contributed by atoms with Crippen LogP contribution in [0.15, 0.2) is 45.3 Å². The zero-order chi connectivity index (χ0) is 13.6. The molecule has 0 saturated heterocycles. The molecule has 0 amide bonds. The SMILES string of the molecule is Nc1nc2c(Cl)cccc2n1-c1ccc(Br)cc1Br. The van der Waals surface area contributed by atoms with E-state index in [0.717, 1.165) is 20.1 Å². The fourth-order valence-corrected chi connectivity index (χ4v) is 3.44. The van der Waals surface area contributed by atoms with Gasteiger partial charge in [0.2, 0.25) is 5.95 Å². The standard InChI is InChI=1S/C13H8Br2ClN3/c14-7-4-5-10(8(15)6-7)19-11-3-1-2-9(16)12(11)18-13(19)17/h1-6H,(H2,17,18). The highest BCUT2D eigenvalue weighted by atomic mass is 79.9. The summed E-state index contributed by atoms with van der Waals surface area (Å²) in [5, 5.41) is 0.594. The molecule has 0 unspecified atom stereocenters. The first-order valence-corrected chi connectivity index (χ1v) is 7.42. The molecule has 0 atom stereocenters. The first-order valence-electron chi connectivity index (χ1n) is 5.46. The van der Waals surface area contributed by atoms with Crippen LogP contribution in [0.2, 0.25) is 5.02 Å². The molecule has 3 rings (SSSR count). The Hall–Kier alpha value is -1.04. The Morgan fingerprint density at radius 2 is 1.95 bits per heavy atom.